The molecule has 0 atom stereocenters. The van der Waals surface area contributed by atoms with Crippen molar-refractivity contribution in [3.63, 3.8) is 0 Å². The molecule has 0 spiro atoms. The third kappa shape index (κ3) is 4.58. The molecule has 4 nitrogen and oxygen atoms in total. The highest BCUT2D eigenvalue weighted by molar-refractivity contribution is 5.74. The summed E-state index contributed by atoms with van der Waals surface area (Å²) in [7, 11) is 0. The zero-order valence-corrected chi connectivity index (χ0v) is 9.04. The first-order chi connectivity index (χ1) is 7.08. The van der Waals surface area contributed by atoms with Gasteiger partial charge in [-0.3, -0.25) is 9.63 Å². The zero-order valence-electron chi connectivity index (χ0n) is 9.04. The third-order valence-corrected chi connectivity index (χ3v) is 1.87. The summed E-state index contributed by atoms with van der Waals surface area (Å²) in [4.78, 5) is 15.2. The average Bonchev–Trinajstić information content (AvgIpc) is 2.10. The molecule has 0 fully saturated rings. The molecule has 1 aromatic rings. The van der Waals surface area contributed by atoms with E-state index >= 15 is 0 Å². The molecule has 0 aromatic heterocycles. The molecule has 3 N–H and O–H groups in total. The van der Waals surface area contributed by atoms with Crippen molar-refractivity contribution in [2.24, 2.45) is 5.73 Å². The number of hydrogen-bond acceptors (Lipinski definition) is 3. The van der Waals surface area contributed by atoms with Gasteiger partial charge in [0.05, 0.1) is 0 Å². The molecule has 0 aliphatic heterocycles. The van der Waals surface area contributed by atoms with Crippen molar-refractivity contribution in [1.29, 1.82) is 0 Å². The van der Waals surface area contributed by atoms with Crippen molar-refractivity contribution < 1.29 is 9.63 Å². The van der Waals surface area contributed by atoms with E-state index in [4.69, 9.17) is 10.6 Å². The van der Waals surface area contributed by atoms with Crippen LogP contribution >= 0.6 is 0 Å². The number of hydroxylamine groups is 1. The van der Waals surface area contributed by atoms with Gasteiger partial charge in [-0.05, 0) is 19.4 Å². The summed E-state index contributed by atoms with van der Waals surface area (Å²) in [6.07, 6.45) is 0. The largest absolute Gasteiger partial charge is 0.368 e. The van der Waals surface area contributed by atoms with Crippen LogP contribution in [0.3, 0.4) is 0 Å². The molecule has 0 radical (unpaired) electrons. The smallest absolute Gasteiger partial charge is 0.245 e. The summed E-state index contributed by atoms with van der Waals surface area (Å²) < 4.78 is 0. The van der Waals surface area contributed by atoms with Crippen LogP contribution in [0.2, 0.25) is 0 Å². The van der Waals surface area contributed by atoms with Gasteiger partial charge in [-0.15, -0.1) is 0 Å². The molecule has 1 amide bonds. The SMILES string of the molecule is Cc1cc(C)cc(CNOCC(N)=O)c1. The minimum Gasteiger partial charge on any atom is -0.368 e. The van der Waals surface area contributed by atoms with Crippen LogP contribution in [-0.4, -0.2) is 12.5 Å². The molecule has 0 aliphatic carbocycles. The van der Waals surface area contributed by atoms with Crippen LogP contribution in [0.25, 0.3) is 0 Å². The second-order valence-electron chi connectivity index (χ2n) is 3.57. The van der Waals surface area contributed by atoms with E-state index in [1.807, 2.05) is 13.8 Å². The molecular weight excluding hydrogens is 192 g/mol. The van der Waals surface area contributed by atoms with E-state index in [0.29, 0.717) is 6.54 Å². The number of carbonyl (C=O) groups excluding carboxylic acids is 1. The standard InChI is InChI=1S/C11H16N2O2/c1-8-3-9(2)5-10(4-8)6-13-15-7-11(12)14/h3-5,13H,6-7H2,1-2H3,(H2,12,14). The first kappa shape index (κ1) is 11.7. The van der Waals surface area contributed by atoms with Gasteiger partial charge in [-0.1, -0.05) is 29.3 Å². The number of primary amides is 1. The number of benzene rings is 1. The monoisotopic (exact) mass is 208 g/mol. The van der Waals surface area contributed by atoms with Gasteiger partial charge in [0.2, 0.25) is 5.91 Å². The van der Waals surface area contributed by atoms with Crippen molar-refractivity contribution in [3.05, 3.63) is 34.9 Å². The second-order valence-corrected chi connectivity index (χ2v) is 3.57. The lowest BCUT2D eigenvalue weighted by Gasteiger charge is -2.06. The lowest BCUT2D eigenvalue weighted by Crippen LogP contribution is -2.24. The van der Waals surface area contributed by atoms with Gasteiger partial charge in [-0.25, -0.2) is 0 Å². The Hall–Kier alpha value is -1.39. The van der Waals surface area contributed by atoms with E-state index in [2.05, 4.69) is 23.7 Å². The van der Waals surface area contributed by atoms with Gasteiger partial charge >= 0.3 is 0 Å². The lowest BCUT2D eigenvalue weighted by molar-refractivity contribution is -0.125. The molecule has 0 aliphatic rings. The van der Waals surface area contributed by atoms with Gasteiger partial charge in [-0.2, -0.15) is 5.48 Å². The molecule has 82 valence electrons. The first-order valence-corrected chi connectivity index (χ1v) is 4.78. The topological polar surface area (TPSA) is 64.3 Å². The van der Waals surface area contributed by atoms with E-state index in [1.165, 1.54) is 11.1 Å². The summed E-state index contributed by atoms with van der Waals surface area (Å²) >= 11 is 0. The van der Waals surface area contributed by atoms with Crippen molar-refractivity contribution >= 4 is 5.91 Å². The van der Waals surface area contributed by atoms with Crippen LogP contribution in [0, 0.1) is 13.8 Å². The van der Waals surface area contributed by atoms with Gasteiger partial charge in [0, 0.05) is 6.54 Å². The van der Waals surface area contributed by atoms with Crippen LogP contribution in [0.4, 0.5) is 0 Å². The van der Waals surface area contributed by atoms with Crippen LogP contribution in [0.15, 0.2) is 18.2 Å². The predicted molar refractivity (Wildman–Crippen MR) is 57.9 cm³/mol. The van der Waals surface area contributed by atoms with E-state index < -0.39 is 5.91 Å². The summed E-state index contributed by atoms with van der Waals surface area (Å²) in [5, 5.41) is 0. The van der Waals surface area contributed by atoms with Gasteiger partial charge < -0.3 is 5.73 Å². The van der Waals surface area contributed by atoms with Gasteiger partial charge in [0.1, 0.15) is 6.61 Å². The molecule has 0 saturated heterocycles. The molecule has 1 aromatic carbocycles. The molecule has 15 heavy (non-hydrogen) atoms. The molecule has 4 heteroatoms. The molecule has 1 rings (SSSR count). The molecular formula is C11H16N2O2. The van der Waals surface area contributed by atoms with Crippen molar-refractivity contribution in [3.8, 4) is 0 Å². The average molecular weight is 208 g/mol. The number of hydrogen-bond donors (Lipinski definition) is 2. The Bertz CT molecular complexity index is 330. The van der Waals surface area contributed by atoms with Crippen LogP contribution in [0.5, 0.6) is 0 Å². The number of nitrogens with two attached hydrogens (primary N) is 1. The Morgan fingerprint density at radius 3 is 2.47 bits per heavy atom. The van der Waals surface area contributed by atoms with E-state index in [1.54, 1.807) is 0 Å². The highest BCUT2D eigenvalue weighted by Gasteiger charge is 1.97. The van der Waals surface area contributed by atoms with E-state index in [9.17, 15) is 4.79 Å². The fourth-order valence-corrected chi connectivity index (χ4v) is 1.43. The predicted octanol–water partition coefficient (Wildman–Crippen LogP) is 0.810. The number of rotatable bonds is 5. The van der Waals surface area contributed by atoms with Gasteiger partial charge in [0.25, 0.3) is 0 Å². The number of amides is 1. The first-order valence-electron chi connectivity index (χ1n) is 4.78. The summed E-state index contributed by atoms with van der Waals surface area (Å²) in [6, 6.07) is 6.23. The maximum absolute atomic E-state index is 10.4. The summed E-state index contributed by atoms with van der Waals surface area (Å²) in [5.74, 6) is -0.483. The lowest BCUT2D eigenvalue weighted by atomic mass is 10.1. The maximum Gasteiger partial charge on any atom is 0.245 e. The fraction of sp³-hybridized carbons (Fsp3) is 0.364. The van der Waals surface area contributed by atoms with Crippen LogP contribution < -0.4 is 11.2 Å². The molecule has 0 saturated carbocycles. The number of carbonyl (C=O) groups is 1. The van der Waals surface area contributed by atoms with Crippen molar-refractivity contribution in [2.75, 3.05) is 6.61 Å². The Morgan fingerprint density at radius 1 is 1.33 bits per heavy atom. The Morgan fingerprint density at radius 2 is 1.93 bits per heavy atom. The van der Waals surface area contributed by atoms with Crippen LogP contribution in [0.1, 0.15) is 16.7 Å². The van der Waals surface area contributed by atoms with E-state index in [-0.39, 0.29) is 6.61 Å². The highest BCUT2D eigenvalue weighted by atomic mass is 16.6. The molecule has 0 unspecified atom stereocenters. The van der Waals surface area contributed by atoms with Gasteiger partial charge in [0.15, 0.2) is 0 Å². The minimum absolute atomic E-state index is 0.106. The normalized spacial score (nSPS) is 10.3. The Labute approximate surface area is 89.4 Å². The Kier molecular flexibility index (Phi) is 4.27. The van der Waals surface area contributed by atoms with E-state index in [0.717, 1.165) is 5.56 Å². The summed E-state index contributed by atoms with van der Waals surface area (Å²) in [6.45, 7) is 4.54. The second kappa shape index (κ2) is 5.48. The number of nitrogens with one attached hydrogen (secondary N) is 1. The van der Waals surface area contributed by atoms with Crippen molar-refractivity contribution in [1.82, 2.24) is 5.48 Å². The number of aryl methyl sites for hydroxylation is 2. The third-order valence-electron chi connectivity index (χ3n) is 1.87. The summed E-state index contributed by atoms with van der Waals surface area (Å²) in [5.41, 5.74) is 11.1. The fourth-order valence-electron chi connectivity index (χ4n) is 1.43. The molecule has 0 heterocycles. The maximum atomic E-state index is 10.4. The minimum atomic E-state index is -0.483. The quantitative estimate of drug-likeness (QED) is 0.556. The highest BCUT2D eigenvalue weighted by Crippen LogP contribution is 2.08. The molecule has 0 bridgehead atoms. The van der Waals surface area contributed by atoms with Crippen molar-refractivity contribution in [2.45, 2.75) is 20.4 Å². The zero-order chi connectivity index (χ0) is 11.3. The Balaban J connectivity index is 2.40. The van der Waals surface area contributed by atoms with Crippen LogP contribution in [-0.2, 0) is 16.2 Å².